The molecule has 10 atom stereocenters. The number of ether oxygens (including phenoxy) is 6. The van der Waals surface area contributed by atoms with Crippen molar-refractivity contribution in [1.82, 2.24) is 10.6 Å². The molecule has 0 aromatic rings. The fourth-order valence-corrected chi connectivity index (χ4v) is 6.09. The number of allylic oxidation sites excluding steroid dienone is 2. The van der Waals surface area contributed by atoms with E-state index in [1.807, 2.05) is 46.8 Å². The van der Waals surface area contributed by atoms with Gasteiger partial charge in [-0.25, -0.2) is 0 Å². The maximum Gasteiger partial charge on any atom is 0.303 e. The summed E-state index contributed by atoms with van der Waals surface area (Å²) in [5, 5.41) is 5.97. The predicted molar refractivity (Wildman–Crippen MR) is 174 cm³/mol. The second kappa shape index (κ2) is 18.1. The highest BCUT2D eigenvalue weighted by atomic mass is 16.7. The largest absolute Gasteiger partial charge is 0.459 e. The van der Waals surface area contributed by atoms with E-state index in [2.05, 4.69) is 23.6 Å². The minimum Gasteiger partial charge on any atom is -0.459 e. The predicted octanol–water partition coefficient (Wildman–Crippen LogP) is 4.30. The molecule has 11 nitrogen and oxygen atoms in total. The summed E-state index contributed by atoms with van der Waals surface area (Å²) in [4.78, 5) is 36.0. The van der Waals surface area contributed by atoms with Crippen molar-refractivity contribution >= 4 is 17.8 Å². The maximum atomic E-state index is 12.5. The molecular weight excluding hydrogens is 592 g/mol. The van der Waals surface area contributed by atoms with E-state index in [0.717, 1.165) is 24.8 Å². The molecule has 1 spiro atoms. The summed E-state index contributed by atoms with van der Waals surface area (Å²) < 4.78 is 35.8. The van der Waals surface area contributed by atoms with Crippen LogP contribution in [0, 0.1) is 5.92 Å². The summed E-state index contributed by atoms with van der Waals surface area (Å²) in [5.74, 6) is -0.426. The van der Waals surface area contributed by atoms with Crippen LogP contribution in [0.25, 0.3) is 0 Å². The van der Waals surface area contributed by atoms with Crippen molar-refractivity contribution in [3.63, 3.8) is 0 Å². The first-order chi connectivity index (χ1) is 21.8. The van der Waals surface area contributed by atoms with Crippen LogP contribution in [0.15, 0.2) is 36.0 Å². The normalized spacial score (nSPS) is 32.8. The lowest BCUT2D eigenvalue weighted by molar-refractivity contribution is -0.226. The molecule has 3 heterocycles. The standard InChI is InChI=1S/C35H56N2O9/c1-9-17-36-33(40)19-28-20-35(21-42-35)34(45-27(8)41-10-2)31(46-28)15-12-22(3)11-14-30-23(4)18-29(25(6)44-30)37-32(39)16-13-24(5)43-26(7)38/h11-13,15-16,23-25,27-31,34H,9-10,14,17-21H2,1-8H3,(H,36,40)(H,37,39)/t23-,24-,25+,27?,28+,29+,30-,31+,34+,35+/m0/s1. The number of amides is 2. The Bertz CT molecular complexity index is 1100. The summed E-state index contributed by atoms with van der Waals surface area (Å²) in [5.41, 5.74) is 0.565. The lowest BCUT2D eigenvalue weighted by Gasteiger charge is -2.40. The van der Waals surface area contributed by atoms with Gasteiger partial charge in [0, 0.05) is 32.6 Å². The van der Waals surface area contributed by atoms with E-state index >= 15 is 0 Å². The van der Waals surface area contributed by atoms with E-state index in [1.165, 1.54) is 13.0 Å². The van der Waals surface area contributed by atoms with Gasteiger partial charge in [-0.3, -0.25) is 14.4 Å². The Hall–Kier alpha value is -2.57. The highest BCUT2D eigenvalue weighted by molar-refractivity contribution is 5.87. The van der Waals surface area contributed by atoms with E-state index in [1.54, 1.807) is 13.0 Å². The first kappa shape index (κ1) is 37.9. The molecule has 3 aliphatic rings. The number of carbonyl (C=O) groups excluding carboxylic acids is 3. The van der Waals surface area contributed by atoms with Gasteiger partial charge in [0.1, 0.15) is 23.9 Å². The van der Waals surface area contributed by atoms with Gasteiger partial charge in [-0.15, -0.1) is 0 Å². The average Bonchev–Trinajstić information content (AvgIpc) is 3.75. The Morgan fingerprint density at radius 3 is 2.48 bits per heavy atom. The number of esters is 1. The van der Waals surface area contributed by atoms with Crippen LogP contribution in [-0.2, 0) is 42.8 Å². The van der Waals surface area contributed by atoms with Crippen LogP contribution < -0.4 is 10.6 Å². The molecule has 2 amide bonds. The van der Waals surface area contributed by atoms with E-state index in [9.17, 15) is 14.4 Å². The Morgan fingerprint density at radius 1 is 1.09 bits per heavy atom. The van der Waals surface area contributed by atoms with Gasteiger partial charge < -0.3 is 39.1 Å². The first-order valence-corrected chi connectivity index (χ1v) is 16.8. The monoisotopic (exact) mass is 648 g/mol. The molecule has 3 fully saturated rings. The van der Waals surface area contributed by atoms with Crippen LogP contribution in [0.4, 0.5) is 0 Å². The quantitative estimate of drug-likeness (QED) is 0.0827. The topological polar surface area (TPSA) is 134 Å². The molecule has 3 aliphatic heterocycles. The number of rotatable bonds is 16. The fraction of sp³-hybridized carbons (Fsp3) is 0.743. The molecule has 0 aromatic carbocycles. The molecule has 260 valence electrons. The first-order valence-electron chi connectivity index (χ1n) is 16.8. The molecule has 46 heavy (non-hydrogen) atoms. The SMILES string of the molecule is CCCNC(=O)C[C@@H]1C[C@@]2(CO2)[C@H](OC(C)OCC)[C@@H](C=CC(C)=CC[C@@H]2O[C@H](C)[C@H](NC(=O)C=C[C@H](C)OC(C)=O)C[C@@H]2C)O1. The van der Waals surface area contributed by atoms with Crippen LogP contribution in [0.5, 0.6) is 0 Å². The summed E-state index contributed by atoms with van der Waals surface area (Å²) in [7, 11) is 0. The number of nitrogens with one attached hydrogen (secondary N) is 2. The molecule has 0 aromatic heterocycles. The number of carbonyl (C=O) groups is 3. The van der Waals surface area contributed by atoms with Gasteiger partial charge in [-0.1, -0.05) is 37.6 Å². The zero-order chi connectivity index (χ0) is 33.9. The lowest BCUT2D eigenvalue weighted by atomic mass is 9.87. The summed E-state index contributed by atoms with van der Waals surface area (Å²) in [6.07, 6.45) is 10.3. The third kappa shape index (κ3) is 11.9. The zero-order valence-electron chi connectivity index (χ0n) is 28.9. The molecule has 3 saturated heterocycles. The van der Waals surface area contributed by atoms with Gasteiger partial charge >= 0.3 is 5.97 Å². The van der Waals surface area contributed by atoms with E-state index < -0.39 is 30.1 Å². The highest BCUT2D eigenvalue weighted by Gasteiger charge is 2.60. The van der Waals surface area contributed by atoms with Crippen LogP contribution in [0.1, 0.15) is 87.5 Å². The van der Waals surface area contributed by atoms with Gasteiger partial charge in [-0.2, -0.15) is 0 Å². The van der Waals surface area contributed by atoms with Gasteiger partial charge in [0.05, 0.1) is 37.4 Å². The number of hydrogen-bond donors (Lipinski definition) is 2. The second-order valence-electron chi connectivity index (χ2n) is 12.8. The smallest absolute Gasteiger partial charge is 0.303 e. The summed E-state index contributed by atoms with van der Waals surface area (Å²) in [6.45, 7) is 16.8. The van der Waals surface area contributed by atoms with Gasteiger partial charge in [0.15, 0.2) is 6.29 Å². The summed E-state index contributed by atoms with van der Waals surface area (Å²) >= 11 is 0. The molecule has 0 aliphatic carbocycles. The van der Waals surface area contributed by atoms with Crippen LogP contribution in [-0.4, -0.2) is 92.1 Å². The molecule has 1 unspecified atom stereocenters. The molecule has 11 heteroatoms. The van der Waals surface area contributed by atoms with Crippen molar-refractivity contribution in [2.45, 2.75) is 142 Å². The van der Waals surface area contributed by atoms with Crippen molar-refractivity contribution in [2.24, 2.45) is 5.92 Å². The molecular formula is C35H56N2O9. The van der Waals surface area contributed by atoms with Crippen molar-refractivity contribution < 1.29 is 42.8 Å². The Kier molecular flexibility index (Phi) is 14.9. The van der Waals surface area contributed by atoms with Crippen LogP contribution >= 0.6 is 0 Å². The number of epoxide rings is 1. The third-order valence-corrected chi connectivity index (χ3v) is 8.62. The van der Waals surface area contributed by atoms with Gasteiger partial charge in [0.2, 0.25) is 11.8 Å². The van der Waals surface area contributed by atoms with Gasteiger partial charge in [0.25, 0.3) is 0 Å². The number of hydrogen-bond acceptors (Lipinski definition) is 9. The Balaban J connectivity index is 1.60. The average molecular weight is 649 g/mol. The van der Waals surface area contributed by atoms with Crippen LogP contribution in [0.2, 0.25) is 0 Å². The molecule has 0 saturated carbocycles. The molecule has 2 N–H and O–H groups in total. The molecule has 0 radical (unpaired) electrons. The second-order valence-corrected chi connectivity index (χ2v) is 12.8. The Labute approximate surface area is 274 Å². The van der Waals surface area contributed by atoms with Crippen molar-refractivity contribution in [1.29, 1.82) is 0 Å². The minimum atomic E-state index is -0.490. The summed E-state index contributed by atoms with van der Waals surface area (Å²) in [6, 6.07) is -0.120. The maximum absolute atomic E-state index is 12.5. The zero-order valence-corrected chi connectivity index (χ0v) is 28.9. The van der Waals surface area contributed by atoms with E-state index in [4.69, 9.17) is 28.4 Å². The van der Waals surface area contributed by atoms with Crippen molar-refractivity contribution in [3.8, 4) is 0 Å². The fourth-order valence-electron chi connectivity index (χ4n) is 6.09. The Morgan fingerprint density at radius 2 is 1.83 bits per heavy atom. The lowest BCUT2D eigenvalue weighted by Crippen LogP contribution is -2.53. The highest BCUT2D eigenvalue weighted by Crippen LogP contribution is 2.45. The van der Waals surface area contributed by atoms with E-state index in [0.29, 0.717) is 26.2 Å². The van der Waals surface area contributed by atoms with Crippen molar-refractivity contribution in [3.05, 3.63) is 36.0 Å². The minimum absolute atomic E-state index is 0.00855. The van der Waals surface area contributed by atoms with Gasteiger partial charge in [-0.05, 0) is 65.9 Å². The van der Waals surface area contributed by atoms with Crippen molar-refractivity contribution in [2.75, 3.05) is 19.8 Å². The third-order valence-electron chi connectivity index (χ3n) is 8.62. The van der Waals surface area contributed by atoms with Crippen LogP contribution in [0.3, 0.4) is 0 Å². The molecule has 3 rings (SSSR count). The molecule has 0 bridgehead atoms. The van der Waals surface area contributed by atoms with E-state index in [-0.39, 0.29) is 54.6 Å².